The van der Waals surface area contributed by atoms with Crippen LogP contribution in [0.2, 0.25) is 0 Å². The molecule has 0 atom stereocenters. The van der Waals surface area contributed by atoms with Crippen LogP contribution < -0.4 is 0 Å². The number of aromatic hydroxyl groups is 1. The Kier molecular flexibility index (Phi) is 0.519. The molecule has 1 aromatic rings. The minimum Gasteiger partial charge on any atom is -0.507 e. The maximum Gasteiger partial charge on any atom is 0.122 e. The first-order chi connectivity index (χ1) is 3.88. The first-order valence-electron chi connectivity index (χ1n) is 2.67. The summed E-state index contributed by atoms with van der Waals surface area (Å²) < 4.78 is 0. The molecular weight excluding hydrogens is 100 g/mol. The van der Waals surface area contributed by atoms with Crippen molar-refractivity contribution in [2.45, 2.75) is 6.42 Å². The van der Waals surface area contributed by atoms with Crippen molar-refractivity contribution in [2.24, 2.45) is 0 Å². The summed E-state index contributed by atoms with van der Waals surface area (Å²) in [5.74, 6) is 0.507. The van der Waals surface area contributed by atoms with Gasteiger partial charge in [-0.1, -0.05) is 18.2 Å². The van der Waals surface area contributed by atoms with Crippen LogP contribution in [0.4, 0.5) is 0 Å². The summed E-state index contributed by atoms with van der Waals surface area (Å²) in [5, 5.41) is 8.99. The van der Waals surface area contributed by atoms with Crippen molar-refractivity contribution in [3.8, 4) is 5.75 Å². The van der Waals surface area contributed by atoms with Crippen LogP contribution in [0.3, 0.4) is 0 Å². The molecule has 2 aliphatic rings. The monoisotopic (exact) mass is 106 g/mol. The Balaban J connectivity index is 2.75. The Hall–Kier alpha value is -0.980. The van der Waals surface area contributed by atoms with Gasteiger partial charge in [-0.05, 0) is 11.1 Å². The average molecular weight is 106 g/mol. The second-order valence-corrected chi connectivity index (χ2v) is 2.10. The second kappa shape index (κ2) is 1.05. The van der Waals surface area contributed by atoms with Crippen molar-refractivity contribution in [2.75, 3.05) is 0 Å². The summed E-state index contributed by atoms with van der Waals surface area (Å²) in [6.07, 6.45) is 0.975. The van der Waals surface area contributed by atoms with E-state index in [2.05, 4.69) is 0 Å². The van der Waals surface area contributed by atoms with Crippen LogP contribution in [-0.2, 0) is 6.42 Å². The second-order valence-electron chi connectivity index (χ2n) is 2.10. The smallest absolute Gasteiger partial charge is 0.122 e. The number of phenols is 1. The third kappa shape index (κ3) is 0.280. The molecule has 0 fully saturated rings. The molecular formula is C7H6O. The lowest BCUT2D eigenvalue weighted by atomic mass is 9.91. The Labute approximate surface area is 47.6 Å². The lowest BCUT2D eigenvalue weighted by Crippen LogP contribution is -2.00. The third-order valence-corrected chi connectivity index (χ3v) is 1.58. The van der Waals surface area contributed by atoms with E-state index in [4.69, 9.17) is 5.11 Å². The molecule has 8 heavy (non-hydrogen) atoms. The van der Waals surface area contributed by atoms with Gasteiger partial charge in [0.15, 0.2) is 0 Å². The maximum atomic E-state index is 8.99. The van der Waals surface area contributed by atoms with Crippen LogP contribution in [0.15, 0.2) is 18.2 Å². The van der Waals surface area contributed by atoms with Crippen LogP contribution >= 0.6 is 0 Å². The van der Waals surface area contributed by atoms with Gasteiger partial charge in [-0.2, -0.15) is 0 Å². The van der Waals surface area contributed by atoms with Crippen molar-refractivity contribution in [1.82, 2.24) is 0 Å². The highest BCUT2D eigenvalue weighted by Crippen LogP contribution is 2.34. The Morgan fingerprint density at radius 2 is 1.88 bits per heavy atom. The van der Waals surface area contributed by atoms with Gasteiger partial charge in [-0.15, -0.1) is 0 Å². The van der Waals surface area contributed by atoms with Crippen LogP contribution in [0, 0.1) is 0 Å². The van der Waals surface area contributed by atoms with Crippen LogP contribution in [0.5, 0.6) is 5.75 Å². The van der Waals surface area contributed by atoms with Gasteiger partial charge in [-0.25, -0.2) is 0 Å². The van der Waals surface area contributed by atoms with Gasteiger partial charge in [0.05, 0.1) is 0 Å². The van der Waals surface area contributed by atoms with E-state index in [1.807, 2.05) is 18.2 Å². The molecule has 1 nitrogen and oxygen atoms in total. The molecule has 40 valence electrons. The molecule has 0 aromatic heterocycles. The van der Waals surface area contributed by atoms with Gasteiger partial charge >= 0.3 is 0 Å². The van der Waals surface area contributed by atoms with E-state index in [1.54, 1.807) is 0 Å². The highest BCUT2D eigenvalue weighted by molar-refractivity contribution is 5.52. The fraction of sp³-hybridized carbons (Fsp3) is 0.143. The predicted molar refractivity (Wildman–Crippen MR) is 30.9 cm³/mol. The quantitative estimate of drug-likeness (QED) is 0.536. The summed E-state index contributed by atoms with van der Waals surface area (Å²) in [6, 6.07) is 5.86. The van der Waals surface area contributed by atoms with Gasteiger partial charge in [0.2, 0.25) is 0 Å². The van der Waals surface area contributed by atoms with E-state index >= 15 is 0 Å². The van der Waals surface area contributed by atoms with Crippen molar-refractivity contribution in [3.05, 3.63) is 29.3 Å². The third-order valence-electron chi connectivity index (χ3n) is 1.58. The maximum absolute atomic E-state index is 8.99. The summed E-state index contributed by atoms with van der Waals surface area (Å²) >= 11 is 0. The first kappa shape index (κ1) is 3.96. The average Bonchev–Trinajstić information content (AvgIpc) is 1.89. The molecule has 0 radical (unpaired) electrons. The largest absolute Gasteiger partial charge is 0.507 e. The lowest BCUT2D eigenvalue weighted by molar-refractivity contribution is 0.449. The van der Waals surface area contributed by atoms with Crippen molar-refractivity contribution in [1.29, 1.82) is 0 Å². The van der Waals surface area contributed by atoms with Crippen molar-refractivity contribution < 1.29 is 5.11 Å². The number of hydrogen-bond acceptors (Lipinski definition) is 1. The Morgan fingerprint density at radius 3 is 2.12 bits per heavy atom. The molecule has 1 N–H and O–H groups in total. The molecule has 0 saturated heterocycles. The minimum absolute atomic E-state index is 0.507. The molecule has 0 heterocycles. The molecule has 2 aliphatic carbocycles. The summed E-state index contributed by atoms with van der Waals surface area (Å²) in [4.78, 5) is 0. The molecule has 2 bridgehead atoms. The number of fused-ring (bicyclic) bond motifs is 2. The zero-order chi connectivity index (χ0) is 5.56. The first-order valence-corrected chi connectivity index (χ1v) is 2.67. The number of rotatable bonds is 0. The summed E-state index contributed by atoms with van der Waals surface area (Å²) in [6.45, 7) is 0. The molecule has 0 amide bonds. The molecule has 3 rings (SSSR count). The van der Waals surface area contributed by atoms with Crippen LogP contribution in [-0.4, -0.2) is 5.11 Å². The number of phenolic OH excluding ortho intramolecular Hbond substituents is 1. The predicted octanol–water partition coefficient (Wildman–Crippen LogP) is 1.30. The Morgan fingerprint density at radius 1 is 1.25 bits per heavy atom. The molecule has 1 aromatic carbocycles. The molecule has 1 heteroatoms. The minimum atomic E-state index is 0.507. The van der Waals surface area contributed by atoms with Gasteiger partial charge in [0.1, 0.15) is 5.75 Å². The summed E-state index contributed by atoms with van der Waals surface area (Å²) in [7, 11) is 0. The Bertz CT molecular complexity index is 208. The van der Waals surface area contributed by atoms with Gasteiger partial charge in [-0.3, -0.25) is 0 Å². The van der Waals surface area contributed by atoms with Gasteiger partial charge in [0.25, 0.3) is 0 Å². The lowest BCUT2D eigenvalue weighted by Gasteiger charge is -2.16. The molecule has 0 aliphatic heterocycles. The fourth-order valence-corrected chi connectivity index (χ4v) is 1.03. The number of para-hydroxylation sites is 1. The number of hydrogen-bond donors (Lipinski definition) is 1. The standard InChI is InChI=1S/C7H6O/c8-7-5-2-1-3-6(7)4-5/h1-3,8H,4H2. The van der Waals surface area contributed by atoms with E-state index in [0.717, 1.165) is 17.5 Å². The van der Waals surface area contributed by atoms with E-state index in [-0.39, 0.29) is 0 Å². The molecule has 0 saturated carbocycles. The van der Waals surface area contributed by atoms with Gasteiger partial charge < -0.3 is 5.11 Å². The molecule has 0 unspecified atom stereocenters. The van der Waals surface area contributed by atoms with E-state index in [1.165, 1.54) is 0 Å². The van der Waals surface area contributed by atoms with E-state index in [9.17, 15) is 0 Å². The topological polar surface area (TPSA) is 20.2 Å². The fourth-order valence-electron chi connectivity index (χ4n) is 1.03. The molecule has 0 spiro atoms. The van der Waals surface area contributed by atoms with Crippen LogP contribution in [0.25, 0.3) is 0 Å². The summed E-state index contributed by atoms with van der Waals surface area (Å²) in [5.41, 5.74) is 2.17. The van der Waals surface area contributed by atoms with Crippen molar-refractivity contribution in [3.63, 3.8) is 0 Å². The van der Waals surface area contributed by atoms with E-state index in [0.29, 0.717) is 5.75 Å². The zero-order valence-electron chi connectivity index (χ0n) is 4.39. The zero-order valence-corrected chi connectivity index (χ0v) is 4.39. The SMILES string of the molecule is Oc1c2cccc1C2. The highest BCUT2D eigenvalue weighted by atomic mass is 16.3. The normalized spacial score (nSPS) is 13.0. The highest BCUT2D eigenvalue weighted by Gasteiger charge is 2.16. The van der Waals surface area contributed by atoms with E-state index < -0.39 is 0 Å². The van der Waals surface area contributed by atoms with Crippen LogP contribution in [0.1, 0.15) is 11.1 Å². The van der Waals surface area contributed by atoms with Gasteiger partial charge in [0, 0.05) is 6.42 Å². The van der Waals surface area contributed by atoms with Crippen molar-refractivity contribution >= 4 is 0 Å². The number of benzene rings is 1.